The third-order valence-corrected chi connectivity index (χ3v) is 22.6. The lowest BCUT2D eigenvalue weighted by molar-refractivity contribution is -0.0419. The van der Waals surface area contributed by atoms with Crippen LogP contribution >= 0.6 is 89.2 Å². The second kappa shape index (κ2) is 49.3. The summed E-state index contributed by atoms with van der Waals surface area (Å²) in [5, 5.41) is 19.7. The smallest absolute Gasteiger partial charge is 0.396 e. The van der Waals surface area contributed by atoms with Gasteiger partial charge in [0.1, 0.15) is 0 Å². The molecule has 10 atom stereocenters. The maximum Gasteiger partial charge on any atom is 0.472 e. The first-order valence-corrected chi connectivity index (χ1v) is 41.6. The van der Waals surface area contributed by atoms with Crippen LogP contribution in [0, 0.1) is 27.6 Å². The molecule has 24 nitrogen and oxygen atoms in total. The average Bonchev–Trinajstić information content (AvgIpc) is 3.10. The maximum atomic E-state index is 13.9. The maximum absolute atomic E-state index is 13.9. The van der Waals surface area contributed by atoms with Crippen LogP contribution in [-0.4, -0.2) is 184 Å². The Balaban J connectivity index is 3.30. The molecule has 0 amide bonds. The van der Waals surface area contributed by atoms with E-state index in [4.69, 9.17) is 61.0 Å². The van der Waals surface area contributed by atoms with Crippen molar-refractivity contribution in [1.82, 2.24) is 0 Å². The monoisotopic (exact) mass is 1440 g/mol. The molecule has 0 aromatic heterocycles. The highest BCUT2D eigenvalue weighted by Crippen LogP contribution is 2.62. The van der Waals surface area contributed by atoms with E-state index in [9.17, 15) is 52.6 Å². The van der Waals surface area contributed by atoms with Crippen LogP contribution in [0.5, 0.6) is 0 Å². The molecule has 0 aromatic rings. The molecule has 528 valence electrons. The number of phosphoric ester groups is 3. The molecular formula is C55H115O24P5S4. The van der Waals surface area contributed by atoms with Crippen LogP contribution < -0.4 is 0 Å². The normalized spacial score (nSPS) is 20.1. The Morgan fingerprint density at radius 3 is 1.02 bits per heavy atom. The molecule has 0 saturated heterocycles. The SMILES string of the molecule is [3H]C(CO)OP(=O)(CP(=O)(O)OCC(C)(COCCCCCCS)COP(=O)(O)OCC(C)(COCCCCCCS)COP(=O)(O)OCC(C)(COCCCCCCS)COP(=O)(O)OCC(C)(CO)COCCCCCCS)OCCCC1CCCC1. The summed E-state index contributed by atoms with van der Waals surface area (Å²) in [6, 6.07) is 0. The number of phosphoric acid groups is 3. The first kappa shape index (κ1) is 85.9. The molecule has 1 saturated carbocycles. The molecule has 1 aliphatic carbocycles. The molecular weight excluding hydrogens is 1330 g/mol. The number of thiol groups is 4. The van der Waals surface area contributed by atoms with Crippen LogP contribution in [0.25, 0.3) is 0 Å². The molecule has 6 N–H and O–H groups in total. The van der Waals surface area contributed by atoms with Crippen molar-refractivity contribution >= 4 is 89.2 Å². The van der Waals surface area contributed by atoms with Crippen molar-refractivity contribution in [2.75, 3.05) is 154 Å². The average molecular weight is 1450 g/mol. The Hall–Kier alpha value is 1.79. The van der Waals surface area contributed by atoms with Crippen molar-refractivity contribution in [3.05, 3.63) is 0 Å². The molecule has 33 heteroatoms. The van der Waals surface area contributed by atoms with Gasteiger partial charge in [-0.1, -0.05) is 105 Å². The number of aliphatic hydroxyl groups excluding tert-OH is 2. The van der Waals surface area contributed by atoms with Gasteiger partial charge in [-0.25, -0.2) is 13.7 Å². The largest absolute Gasteiger partial charge is 0.472 e. The zero-order valence-corrected chi connectivity index (χ0v) is 61.1. The molecule has 0 spiro atoms. The van der Waals surface area contributed by atoms with Crippen molar-refractivity contribution in [3.63, 3.8) is 0 Å². The molecule has 0 aromatic carbocycles. The van der Waals surface area contributed by atoms with Crippen LogP contribution in [0.3, 0.4) is 0 Å². The lowest BCUT2D eigenvalue weighted by Gasteiger charge is -2.33. The first-order chi connectivity index (χ1) is 42.0. The van der Waals surface area contributed by atoms with Crippen molar-refractivity contribution in [2.45, 2.75) is 169 Å². The summed E-state index contributed by atoms with van der Waals surface area (Å²) in [5.74, 6) is 2.32. The van der Waals surface area contributed by atoms with Crippen LogP contribution in [-0.2, 0) is 82.5 Å². The van der Waals surface area contributed by atoms with Crippen LogP contribution in [0.15, 0.2) is 0 Å². The molecule has 0 bridgehead atoms. The molecule has 0 heterocycles. The Labute approximate surface area is 550 Å². The minimum absolute atomic E-state index is 0.0444. The molecule has 0 aliphatic heterocycles. The summed E-state index contributed by atoms with van der Waals surface area (Å²) < 4.78 is 149. The summed E-state index contributed by atoms with van der Waals surface area (Å²) in [6.45, 7) is -0.404. The number of ether oxygens (including phenoxy) is 4. The Morgan fingerprint density at radius 2 is 0.705 bits per heavy atom. The highest BCUT2D eigenvalue weighted by atomic mass is 32.1. The molecule has 1 aliphatic rings. The fourth-order valence-electron chi connectivity index (χ4n) is 8.64. The van der Waals surface area contributed by atoms with E-state index in [1.165, 1.54) is 13.8 Å². The molecule has 88 heavy (non-hydrogen) atoms. The van der Waals surface area contributed by atoms with Gasteiger partial charge < -0.3 is 62.3 Å². The lowest BCUT2D eigenvalue weighted by atomic mass is 9.94. The number of hydrogen-bond acceptors (Lipinski definition) is 24. The van der Waals surface area contributed by atoms with E-state index in [2.05, 4.69) is 50.5 Å². The van der Waals surface area contributed by atoms with Crippen LogP contribution in [0.1, 0.15) is 170 Å². The second-order valence-electron chi connectivity index (χ2n) is 24.5. The zero-order chi connectivity index (χ0) is 66.7. The Kier molecular flexibility index (Phi) is 48.1. The summed E-state index contributed by atoms with van der Waals surface area (Å²) in [7, 11) is -24.3. The van der Waals surface area contributed by atoms with E-state index in [1.54, 1.807) is 13.8 Å². The number of aliphatic hydroxyl groups is 2. The molecule has 10 unspecified atom stereocenters. The van der Waals surface area contributed by atoms with E-state index < -0.39 is 132 Å². The summed E-state index contributed by atoms with van der Waals surface area (Å²) in [4.78, 5) is 44.3. The molecule has 1 fully saturated rings. The van der Waals surface area contributed by atoms with Gasteiger partial charge in [0.05, 0.1) is 100 Å². The standard InChI is InChI=1S/C55H115O24P5S4/c1-52(38-57,39-67-28-15-5-9-19-34-85)43-74-82(61,62)76-46-54(3,41-69-30-17-7-11-21-36-87)47-78-84(65,66)79-49-55(4,42-70-31-18-8-12-22-37-88)48-77-83(63,64)75-45-53(2,40-68-29-16-6-10-20-35-86)44-73-80(58,59)50-81(60,72-33-27-56)71-32-23-26-51-24-13-14-25-51/h51,56-57,85-88H,5-50H2,1-4H3,(H,58,59)(H,61,62)(H,63,64)(H,65,66)/i33T. The fourth-order valence-corrected chi connectivity index (χ4v) is 16.6. The van der Waals surface area contributed by atoms with E-state index in [0.717, 1.165) is 139 Å². The van der Waals surface area contributed by atoms with Gasteiger partial charge in [-0.05, 0) is 93.1 Å². The summed E-state index contributed by atoms with van der Waals surface area (Å²) >= 11 is 17.0. The van der Waals surface area contributed by atoms with Gasteiger partial charge in [0, 0.05) is 48.1 Å². The van der Waals surface area contributed by atoms with Crippen LogP contribution in [0.2, 0.25) is 0 Å². The predicted octanol–water partition coefficient (Wildman–Crippen LogP) is 12.8. The molecule has 1 rings (SSSR count). The fraction of sp³-hybridized carbons (Fsp3) is 1.00. The number of rotatable bonds is 64. The predicted molar refractivity (Wildman–Crippen MR) is 356 cm³/mol. The highest BCUT2D eigenvalue weighted by molar-refractivity contribution is 7.80. The molecule has 0 radical (unpaired) electrons. The third kappa shape index (κ3) is 46.1. The second-order valence-corrected chi connectivity index (χ2v) is 35.0. The lowest BCUT2D eigenvalue weighted by Crippen LogP contribution is -2.36. The van der Waals surface area contributed by atoms with E-state index >= 15 is 0 Å². The minimum atomic E-state index is -5.08. The van der Waals surface area contributed by atoms with Crippen LogP contribution in [0.4, 0.5) is 0 Å². The van der Waals surface area contributed by atoms with Gasteiger partial charge in [-0.15, -0.1) is 0 Å². The van der Waals surface area contributed by atoms with Crippen molar-refractivity contribution in [3.8, 4) is 0 Å². The van der Waals surface area contributed by atoms with Gasteiger partial charge >= 0.3 is 38.7 Å². The van der Waals surface area contributed by atoms with E-state index in [1.807, 2.05) is 0 Å². The first-order valence-electron chi connectivity index (χ1n) is 31.7. The van der Waals surface area contributed by atoms with Crippen molar-refractivity contribution in [1.29, 1.82) is 0 Å². The highest BCUT2D eigenvalue weighted by Gasteiger charge is 2.42. The quantitative estimate of drug-likeness (QED) is 0.0154. The van der Waals surface area contributed by atoms with Gasteiger partial charge in [0.25, 0.3) is 0 Å². The zero-order valence-electron chi connectivity index (χ0n) is 54.0. The topological polar surface area (TPSA) is 327 Å². The van der Waals surface area contributed by atoms with Crippen molar-refractivity contribution < 1.29 is 114 Å². The van der Waals surface area contributed by atoms with E-state index in [-0.39, 0.29) is 46.2 Å². The third-order valence-electron chi connectivity index (χ3n) is 14.2. The Bertz CT molecular complexity index is 2050. The minimum Gasteiger partial charge on any atom is -0.396 e. The van der Waals surface area contributed by atoms with Gasteiger partial charge in [-0.3, -0.25) is 36.3 Å². The van der Waals surface area contributed by atoms with Gasteiger partial charge in [0.15, 0.2) is 5.90 Å². The Morgan fingerprint density at radius 1 is 0.398 bits per heavy atom. The van der Waals surface area contributed by atoms with Crippen molar-refractivity contribution in [2.24, 2.45) is 27.6 Å². The van der Waals surface area contributed by atoms with E-state index in [0.29, 0.717) is 44.8 Å². The number of hydrogen-bond donors (Lipinski definition) is 10. The van der Waals surface area contributed by atoms with Gasteiger partial charge in [0.2, 0.25) is 0 Å². The number of unbranched alkanes of at least 4 members (excludes halogenated alkanes) is 12. The summed E-state index contributed by atoms with van der Waals surface area (Å²) in [5.41, 5.74) is -5.28. The summed E-state index contributed by atoms with van der Waals surface area (Å²) in [6.07, 6.45) is 19.3. The van der Waals surface area contributed by atoms with Gasteiger partial charge in [-0.2, -0.15) is 50.5 Å².